The quantitative estimate of drug-likeness (QED) is 0.593. The van der Waals surface area contributed by atoms with Gasteiger partial charge < -0.3 is 9.64 Å². The number of nitrogens with zero attached hydrogens (tertiary/aromatic N) is 2. The summed E-state index contributed by atoms with van der Waals surface area (Å²) in [5.74, 6) is 0.889. The average molecular weight is 283 g/mol. The van der Waals surface area contributed by atoms with Crippen LogP contribution in [-0.4, -0.2) is 37.7 Å². The molecule has 0 saturated carbocycles. The Hall–Kier alpha value is -1.01. The lowest BCUT2D eigenvalue weighted by molar-refractivity contribution is -0.137. The van der Waals surface area contributed by atoms with Crippen LogP contribution in [0.4, 0.5) is 19.0 Å². The van der Waals surface area contributed by atoms with Crippen LogP contribution in [0.1, 0.15) is 5.56 Å². The molecule has 0 N–H and O–H groups in total. The van der Waals surface area contributed by atoms with E-state index in [9.17, 15) is 13.2 Å². The van der Waals surface area contributed by atoms with Crippen molar-refractivity contribution in [1.82, 2.24) is 4.98 Å². The van der Waals surface area contributed by atoms with Gasteiger partial charge in [0.1, 0.15) is 5.82 Å². The molecule has 0 radical (unpaired) electrons. The molecule has 102 valence electrons. The highest BCUT2D eigenvalue weighted by atomic mass is 35.5. The van der Waals surface area contributed by atoms with E-state index in [1.165, 1.54) is 6.07 Å². The Morgan fingerprint density at radius 3 is 2.56 bits per heavy atom. The summed E-state index contributed by atoms with van der Waals surface area (Å²) >= 11 is 5.44. The van der Waals surface area contributed by atoms with Crippen LogP contribution in [0.3, 0.4) is 0 Å². The summed E-state index contributed by atoms with van der Waals surface area (Å²) < 4.78 is 42.1. The maximum absolute atomic E-state index is 12.3. The normalized spacial score (nSPS) is 11.6. The van der Waals surface area contributed by atoms with E-state index in [0.717, 1.165) is 12.3 Å². The maximum atomic E-state index is 12.3. The van der Waals surface area contributed by atoms with Crippen LogP contribution in [0, 0.1) is 0 Å². The summed E-state index contributed by atoms with van der Waals surface area (Å²) in [6, 6.07) is 2.35. The smallest absolute Gasteiger partial charge is 0.378 e. The maximum Gasteiger partial charge on any atom is 0.417 e. The van der Waals surface area contributed by atoms with Gasteiger partial charge in [-0.2, -0.15) is 13.2 Å². The minimum Gasteiger partial charge on any atom is -0.378 e. The Bertz CT molecular complexity index is 356. The molecule has 0 aliphatic heterocycles. The van der Waals surface area contributed by atoms with Gasteiger partial charge in [-0.3, -0.25) is 0 Å². The van der Waals surface area contributed by atoms with Crippen molar-refractivity contribution >= 4 is 17.4 Å². The fourth-order valence-corrected chi connectivity index (χ4v) is 1.36. The lowest BCUT2D eigenvalue weighted by Gasteiger charge is -2.18. The zero-order valence-electron chi connectivity index (χ0n) is 9.88. The van der Waals surface area contributed by atoms with Crippen molar-refractivity contribution in [2.24, 2.45) is 0 Å². The highest BCUT2D eigenvalue weighted by molar-refractivity contribution is 6.17. The van der Waals surface area contributed by atoms with Gasteiger partial charge in [-0.15, -0.1) is 11.6 Å². The molecule has 0 aliphatic carbocycles. The lowest BCUT2D eigenvalue weighted by Crippen LogP contribution is -2.24. The van der Waals surface area contributed by atoms with Crippen molar-refractivity contribution in [3.8, 4) is 0 Å². The number of alkyl halides is 4. The van der Waals surface area contributed by atoms with E-state index in [0.29, 0.717) is 31.5 Å². The zero-order chi connectivity index (χ0) is 13.6. The molecule has 0 fully saturated rings. The van der Waals surface area contributed by atoms with Crippen molar-refractivity contribution in [2.75, 3.05) is 37.6 Å². The van der Waals surface area contributed by atoms with Crippen molar-refractivity contribution < 1.29 is 17.9 Å². The molecule has 0 aromatic carbocycles. The summed E-state index contributed by atoms with van der Waals surface area (Å²) in [4.78, 5) is 5.48. The molecular weight excluding hydrogens is 269 g/mol. The molecule has 0 unspecified atom stereocenters. The fourth-order valence-electron chi connectivity index (χ4n) is 1.25. The van der Waals surface area contributed by atoms with Crippen molar-refractivity contribution in [2.45, 2.75) is 6.18 Å². The first-order valence-corrected chi connectivity index (χ1v) is 5.86. The van der Waals surface area contributed by atoms with Crippen LogP contribution in [0.2, 0.25) is 0 Å². The Morgan fingerprint density at radius 1 is 1.33 bits per heavy atom. The SMILES string of the molecule is CN(CCOCCCl)c1ccc(C(F)(F)F)cn1. The predicted molar refractivity (Wildman–Crippen MR) is 64.0 cm³/mol. The summed E-state index contributed by atoms with van der Waals surface area (Å²) in [6.45, 7) is 1.44. The average Bonchev–Trinajstić information content (AvgIpc) is 2.33. The molecule has 1 aromatic rings. The predicted octanol–water partition coefficient (Wildman–Crippen LogP) is 2.79. The van der Waals surface area contributed by atoms with E-state index < -0.39 is 11.7 Å². The molecule has 18 heavy (non-hydrogen) atoms. The van der Waals surface area contributed by atoms with E-state index in [2.05, 4.69) is 4.98 Å². The minimum atomic E-state index is -4.35. The Morgan fingerprint density at radius 2 is 2.06 bits per heavy atom. The molecular formula is C11H14ClF3N2O. The molecule has 0 atom stereocenters. The van der Waals surface area contributed by atoms with E-state index in [1.807, 2.05) is 0 Å². The number of hydrogen-bond acceptors (Lipinski definition) is 3. The van der Waals surface area contributed by atoms with Gasteiger partial charge in [0.25, 0.3) is 0 Å². The number of ether oxygens (including phenoxy) is 1. The molecule has 1 rings (SSSR count). The lowest BCUT2D eigenvalue weighted by atomic mass is 10.3. The summed E-state index contributed by atoms with van der Waals surface area (Å²) in [7, 11) is 1.74. The topological polar surface area (TPSA) is 25.4 Å². The minimum absolute atomic E-state index is 0.419. The van der Waals surface area contributed by atoms with Crippen LogP contribution < -0.4 is 4.90 Å². The van der Waals surface area contributed by atoms with Gasteiger partial charge in [0.05, 0.1) is 18.8 Å². The number of halogens is 4. The van der Waals surface area contributed by atoms with E-state index >= 15 is 0 Å². The molecule has 1 heterocycles. The Labute approximate surface area is 109 Å². The highest BCUT2D eigenvalue weighted by Crippen LogP contribution is 2.29. The summed E-state index contributed by atoms with van der Waals surface area (Å²) in [5, 5.41) is 0. The van der Waals surface area contributed by atoms with Crippen LogP contribution in [-0.2, 0) is 10.9 Å². The van der Waals surface area contributed by atoms with Crippen LogP contribution in [0.5, 0.6) is 0 Å². The third-order valence-electron chi connectivity index (χ3n) is 2.26. The molecule has 0 bridgehead atoms. The second-order valence-corrected chi connectivity index (χ2v) is 4.00. The fraction of sp³-hybridized carbons (Fsp3) is 0.545. The van der Waals surface area contributed by atoms with Gasteiger partial charge >= 0.3 is 6.18 Å². The van der Waals surface area contributed by atoms with Gasteiger partial charge in [0, 0.05) is 25.7 Å². The van der Waals surface area contributed by atoms with Gasteiger partial charge in [0.2, 0.25) is 0 Å². The molecule has 1 aromatic heterocycles. The first-order chi connectivity index (χ1) is 8.45. The van der Waals surface area contributed by atoms with E-state index in [1.54, 1.807) is 11.9 Å². The number of rotatable bonds is 6. The number of anilines is 1. The number of pyridine rings is 1. The molecule has 3 nitrogen and oxygen atoms in total. The third-order valence-corrected chi connectivity index (χ3v) is 2.41. The number of likely N-dealkylation sites (N-methyl/N-ethyl adjacent to an activating group) is 1. The Balaban J connectivity index is 2.51. The largest absolute Gasteiger partial charge is 0.417 e. The monoisotopic (exact) mass is 282 g/mol. The second kappa shape index (κ2) is 6.80. The first-order valence-electron chi connectivity index (χ1n) is 5.33. The van der Waals surface area contributed by atoms with E-state index in [4.69, 9.17) is 16.3 Å². The van der Waals surface area contributed by atoms with E-state index in [-0.39, 0.29) is 0 Å². The van der Waals surface area contributed by atoms with Gasteiger partial charge in [-0.05, 0) is 12.1 Å². The second-order valence-electron chi connectivity index (χ2n) is 3.63. The van der Waals surface area contributed by atoms with Gasteiger partial charge in [-0.1, -0.05) is 0 Å². The van der Waals surface area contributed by atoms with Gasteiger partial charge in [-0.25, -0.2) is 4.98 Å². The molecule has 0 saturated heterocycles. The van der Waals surface area contributed by atoms with Crippen molar-refractivity contribution in [3.63, 3.8) is 0 Å². The van der Waals surface area contributed by atoms with Crippen LogP contribution in [0.25, 0.3) is 0 Å². The Kier molecular flexibility index (Phi) is 5.68. The van der Waals surface area contributed by atoms with Crippen LogP contribution >= 0.6 is 11.6 Å². The summed E-state index contributed by atoms with van der Waals surface area (Å²) in [5.41, 5.74) is -0.752. The molecule has 0 spiro atoms. The molecule has 7 heteroatoms. The zero-order valence-corrected chi connectivity index (χ0v) is 10.6. The standard InChI is InChI=1S/C11H14ClF3N2O/c1-17(5-7-18-6-4-12)10-3-2-9(8-16-10)11(13,14)15/h2-3,8H,4-7H2,1H3. The van der Waals surface area contributed by atoms with Crippen LogP contribution in [0.15, 0.2) is 18.3 Å². The highest BCUT2D eigenvalue weighted by Gasteiger charge is 2.30. The molecule has 0 amide bonds. The van der Waals surface area contributed by atoms with Crippen molar-refractivity contribution in [1.29, 1.82) is 0 Å². The summed E-state index contributed by atoms with van der Waals surface area (Å²) in [6.07, 6.45) is -3.53. The molecule has 0 aliphatic rings. The third kappa shape index (κ3) is 4.70. The van der Waals surface area contributed by atoms with Gasteiger partial charge in [0.15, 0.2) is 0 Å². The number of aromatic nitrogens is 1. The number of hydrogen-bond donors (Lipinski definition) is 0. The first kappa shape index (κ1) is 15.0. The van der Waals surface area contributed by atoms with Crippen molar-refractivity contribution in [3.05, 3.63) is 23.9 Å².